The Kier molecular flexibility index (Phi) is 6.02. The Balaban J connectivity index is 1.24. The van der Waals surface area contributed by atoms with Crippen LogP contribution < -0.4 is 15.2 Å². The van der Waals surface area contributed by atoms with E-state index in [0.717, 1.165) is 21.7 Å². The van der Waals surface area contributed by atoms with Gasteiger partial charge in [0.2, 0.25) is 4.96 Å². The third-order valence-electron chi connectivity index (χ3n) is 5.77. The third kappa shape index (κ3) is 4.65. The van der Waals surface area contributed by atoms with Crippen LogP contribution in [0.5, 0.6) is 5.75 Å². The maximum atomic E-state index is 12.7. The molecule has 0 aliphatic carbocycles. The number of aryl methyl sites for hydroxylation is 2. The zero-order valence-electron chi connectivity index (χ0n) is 19.1. The summed E-state index contributed by atoms with van der Waals surface area (Å²) in [6.07, 6.45) is 0. The predicted molar refractivity (Wildman–Crippen MR) is 133 cm³/mol. The molecule has 1 saturated heterocycles. The number of ether oxygens (including phenoxy) is 1. The monoisotopic (exact) mass is 475 g/mol. The number of carbonyl (C=O) groups is 1. The number of hydrogen-bond donors (Lipinski definition) is 0. The van der Waals surface area contributed by atoms with Crippen LogP contribution in [0.1, 0.15) is 11.1 Å². The van der Waals surface area contributed by atoms with Gasteiger partial charge in [-0.2, -0.15) is 9.61 Å². The molecule has 1 aliphatic rings. The normalized spacial score (nSPS) is 13.9. The van der Waals surface area contributed by atoms with Crippen molar-refractivity contribution in [3.63, 3.8) is 0 Å². The highest BCUT2D eigenvalue weighted by molar-refractivity contribution is 7.19. The number of fused-ring (bicyclic) bond motifs is 1. The van der Waals surface area contributed by atoms with Crippen molar-refractivity contribution in [2.45, 2.75) is 13.8 Å². The van der Waals surface area contributed by atoms with E-state index in [0.29, 0.717) is 42.7 Å². The zero-order chi connectivity index (χ0) is 23.7. The lowest BCUT2D eigenvalue weighted by Crippen LogP contribution is -2.50. The van der Waals surface area contributed by atoms with Crippen molar-refractivity contribution in [1.29, 1.82) is 0 Å². The van der Waals surface area contributed by atoms with Crippen molar-refractivity contribution in [2.75, 3.05) is 37.7 Å². The average Bonchev–Trinajstić information content (AvgIpc) is 3.28. The minimum atomic E-state index is -0.209. The second-order valence-electron chi connectivity index (χ2n) is 8.40. The fourth-order valence-electron chi connectivity index (χ4n) is 4.10. The van der Waals surface area contributed by atoms with Gasteiger partial charge in [0.1, 0.15) is 16.6 Å². The summed E-state index contributed by atoms with van der Waals surface area (Å²) in [5.74, 6) is 1.28. The Morgan fingerprint density at radius 2 is 1.71 bits per heavy atom. The van der Waals surface area contributed by atoms with Gasteiger partial charge in [-0.15, -0.1) is 0 Å². The highest BCUT2D eigenvalue weighted by Gasteiger charge is 2.23. The topological polar surface area (TPSA) is 80.0 Å². The lowest BCUT2D eigenvalue weighted by atomic mass is 10.1. The van der Waals surface area contributed by atoms with Crippen molar-refractivity contribution in [3.05, 3.63) is 76.1 Å². The van der Waals surface area contributed by atoms with Crippen LogP contribution in [0.25, 0.3) is 15.5 Å². The molecule has 2 aromatic heterocycles. The average molecular weight is 476 g/mol. The molecule has 0 radical (unpaired) electrons. The molecular weight excluding hydrogens is 450 g/mol. The van der Waals surface area contributed by atoms with E-state index < -0.39 is 0 Å². The SMILES string of the molecule is Cc1cc(C)cc(OCC(=O)N2CCN(c3cc(=O)n4nc(-c5ccccc5)sc4n3)CC2)c1. The molecule has 4 aromatic rings. The predicted octanol–water partition coefficient (Wildman–Crippen LogP) is 3.16. The van der Waals surface area contributed by atoms with Crippen LogP contribution in [-0.2, 0) is 4.79 Å². The first-order valence-electron chi connectivity index (χ1n) is 11.2. The second-order valence-corrected chi connectivity index (χ2v) is 9.36. The van der Waals surface area contributed by atoms with Crippen molar-refractivity contribution in [1.82, 2.24) is 19.5 Å². The van der Waals surface area contributed by atoms with E-state index in [2.05, 4.69) is 16.1 Å². The molecule has 0 atom stereocenters. The van der Waals surface area contributed by atoms with Gasteiger partial charge in [-0.05, 0) is 37.1 Å². The minimum Gasteiger partial charge on any atom is -0.484 e. The van der Waals surface area contributed by atoms with Crippen LogP contribution in [0.2, 0.25) is 0 Å². The Labute approximate surface area is 201 Å². The highest BCUT2D eigenvalue weighted by atomic mass is 32.1. The number of nitrogens with zero attached hydrogens (tertiary/aromatic N) is 5. The standard InChI is InChI=1S/C25H25N5O3S/c1-17-12-18(2)14-20(13-17)33-16-23(32)29-10-8-28(9-11-29)21-15-22(31)30-25(26-21)34-24(27-30)19-6-4-3-5-7-19/h3-7,12-15H,8-11,16H2,1-2H3. The molecule has 1 aliphatic heterocycles. The summed E-state index contributed by atoms with van der Waals surface area (Å²) in [4.78, 5) is 34.4. The molecule has 1 amide bonds. The van der Waals surface area contributed by atoms with E-state index in [-0.39, 0.29) is 18.1 Å². The Morgan fingerprint density at radius 3 is 2.41 bits per heavy atom. The summed E-state index contributed by atoms with van der Waals surface area (Å²) in [5.41, 5.74) is 2.95. The second kappa shape index (κ2) is 9.26. The van der Waals surface area contributed by atoms with Gasteiger partial charge in [-0.25, -0.2) is 4.98 Å². The summed E-state index contributed by atoms with van der Waals surface area (Å²) < 4.78 is 7.08. The minimum absolute atomic E-state index is 0.0115. The molecule has 2 aromatic carbocycles. The molecule has 174 valence electrons. The van der Waals surface area contributed by atoms with Crippen molar-refractivity contribution in [2.24, 2.45) is 0 Å². The van der Waals surface area contributed by atoms with Crippen molar-refractivity contribution in [3.8, 4) is 16.3 Å². The van der Waals surface area contributed by atoms with Gasteiger partial charge in [-0.3, -0.25) is 9.59 Å². The first-order valence-corrected chi connectivity index (χ1v) is 12.0. The molecule has 3 heterocycles. The number of rotatable bonds is 5. The molecule has 34 heavy (non-hydrogen) atoms. The van der Waals surface area contributed by atoms with Crippen molar-refractivity contribution < 1.29 is 9.53 Å². The highest BCUT2D eigenvalue weighted by Crippen LogP contribution is 2.25. The zero-order valence-corrected chi connectivity index (χ0v) is 19.9. The maximum absolute atomic E-state index is 12.7. The fourth-order valence-corrected chi connectivity index (χ4v) is 5.00. The van der Waals surface area contributed by atoms with Gasteiger partial charge in [0.05, 0.1) is 0 Å². The van der Waals surface area contributed by atoms with E-state index in [1.807, 2.05) is 61.2 Å². The van der Waals surface area contributed by atoms with Crippen LogP contribution >= 0.6 is 11.3 Å². The fraction of sp³-hybridized carbons (Fsp3) is 0.280. The number of anilines is 1. The lowest BCUT2D eigenvalue weighted by Gasteiger charge is -2.35. The molecule has 0 N–H and O–H groups in total. The first-order chi connectivity index (χ1) is 16.5. The van der Waals surface area contributed by atoms with Crippen molar-refractivity contribution >= 4 is 28.0 Å². The molecular formula is C25H25N5O3S. The number of amides is 1. The smallest absolute Gasteiger partial charge is 0.277 e. The Bertz CT molecular complexity index is 1370. The molecule has 0 unspecified atom stereocenters. The largest absolute Gasteiger partial charge is 0.484 e. The molecule has 0 bridgehead atoms. The molecule has 0 saturated carbocycles. The maximum Gasteiger partial charge on any atom is 0.277 e. The first kappa shape index (κ1) is 22.1. The third-order valence-corrected chi connectivity index (χ3v) is 6.72. The van der Waals surface area contributed by atoms with Crippen LogP contribution in [0.3, 0.4) is 0 Å². The number of benzene rings is 2. The van der Waals surface area contributed by atoms with Gasteiger partial charge < -0.3 is 14.5 Å². The Morgan fingerprint density at radius 1 is 1.00 bits per heavy atom. The van der Waals surface area contributed by atoms with Gasteiger partial charge in [0.25, 0.3) is 11.5 Å². The van der Waals surface area contributed by atoms with Crippen LogP contribution in [0.4, 0.5) is 5.82 Å². The van der Waals surface area contributed by atoms with E-state index >= 15 is 0 Å². The number of aromatic nitrogens is 3. The van der Waals surface area contributed by atoms with Gasteiger partial charge >= 0.3 is 0 Å². The molecule has 9 heteroatoms. The number of carbonyl (C=O) groups excluding carboxylic acids is 1. The van der Waals surface area contributed by atoms with Gasteiger partial charge in [0.15, 0.2) is 6.61 Å². The van der Waals surface area contributed by atoms with Crippen LogP contribution in [0, 0.1) is 13.8 Å². The van der Waals surface area contributed by atoms with Crippen LogP contribution in [-0.4, -0.2) is 58.2 Å². The molecule has 0 spiro atoms. The summed E-state index contributed by atoms with van der Waals surface area (Å²) in [5, 5.41) is 5.19. The van der Waals surface area contributed by atoms with E-state index in [9.17, 15) is 9.59 Å². The molecule has 1 fully saturated rings. The van der Waals surface area contributed by atoms with E-state index in [1.165, 1.54) is 21.9 Å². The molecule has 5 rings (SSSR count). The van der Waals surface area contributed by atoms with Crippen LogP contribution in [0.15, 0.2) is 59.4 Å². The molecule has 8 nitrogen and oxygen atoms in total. The van der Waals surface area contributed by atoms with E-state index in [4.69, 9.17) is 4.74 Å². The van der Waals surface area contributed by atoms with Gasteiger partial charge in [-0.1, -0.05) is 47.7 Å². The number of hydrogen-bond acceptors (Lipinski definition) is 7. The van der Waals surface area contributed by atoms with E-state index in [1.54, 1.807) is 4.90 Å². The quantitative estimate of drug-likeness (QED) is 0.441. The summed E-state index contributed by atoms with van der Waals surface area (Å²) in [6, 6.07) is 17.2. The van der Waals surface area contributed by atoms with Gasteiger partial charge in [0, 0.05) is 37.8 Å². The summed E-state index contributed by atoms with van der Waals surface area (Å²) in [6.45, 7) is 6.32. The summed E-state index contributed by atoms with van der Waals surface area (Å²) >= 11 is 1.39. The summed E-state index contributed by atoms with van der Waals surface area (Å²) in [7, 11) is 0. The lowest BCUT2D eigenvalue weighted by molar-refractivity contribution is -0.133. The number of piperazine rings is 1. The Hall–Kier alpha value is -3.72.